The van der Waals surface area contributed by atoms with E-state index < -0.39 is 44.7 Å². The number of carbonyl (C=O) groups is 2. The number of rotatable bonds is 37. The van der Waals surface area contributed by atoms with E-state index in [4.69, 9.17) is 24.3 Å². The van der Waals surface area contributed by atoms with Crippen molar-refractivity contribution in [2.45, 2.75) is 148 Å². The molecular formula is C45H74NO10P. The second kappa shape index (κ2) is 39.7. The summed E-state index contributed by atoms with van der Waals surface area (Å²) in [6, 6.07) is 0. The molecule has 0 bridgehead atoms. The number of carbonyl (C=O) groups excluding carboxylic acids is 2. The number of aliphatic hydroxyl groups excluding tert-OH is 2. The topological polar surface area (TPSA) is 175 Å². The molecular weight excluding hydrogens is 745 g/mol. The van der Waals surface area contributed by atoms with E-state index in [9.17, 15) is 29.3 Å². The van der Waals surface area contributed by atoms with E-state index in [0.717, 1.165) is 51.4 Å². The van der Waals surface area contributed by atoms with E-state index in [1.54, 1.807) is 36.5 Å². The molecule has 0 aromatic carbocycles. The van der Waals surface area contributed by atoms with Crippen LogP contribution in [0.3, 0.4) is 0 Å². The first kappa shape index (κ1) is 53.9. The van der Waals surface area contributed by atoms with Crippen LogP contribution in [0.2, 0.25) is 0 Å². The van der Waals surface area contributed by atoms with Crippen molar-refractivity contribution in [1.29, 1.82) is 0 Å². The van der Waals surface area contributed by atoms with E-state index in [0.29, 0.717) is 32.1 Å². The highest BCUT2D eigenvalue weighted by atomic mass is 31.2. The van der Waals surface area contributed by atoms with Gasteiger partial charge in [-0.15, -0.1) is 0 Å². The fourth-order valence-corrected chi connectivity index (χ4v) is 5.75. The van der Waals surface area contributed by atoms with Crippen molar-refractivity contribution < 1.29 is 47.8 Å². The fraction of sp³-hybridized carbons (Fsp3) is 0.600. The van der Waals surface area contributed by atoms with E-state index in [1.165, 1.54) is 19.3 Å². The molecule has 324 valence electrons. The van der Waals surface area contributed by atoms with Gasteiger partial charge in [0.15, 0.2) is 6.10 Å². The quantitative estimate of drug-likeness (QED) is 0.0154. The Morgan fingerprint density at radius 2 is 1.19 bits per heavy atom. The molecule has 57 heavy (non-hydrogen) atoms. The molecule has 0 radical (unpaired) electrons. The molecule has 0 aromatic heterocycles. The summed E-state index contributed by atoms with van der Waals surface area (Å²) in [5.74, 6) is -1.02. The number of hydrogen-bond donors (Lipinski definition) is 4. The molecule has 0 spiro atoms. The van der Waals surface area contributed by atoms with Gasteiger partial charge in [0.1, 0.15) is 6.61 Å². The minimum atomic E-state index is -4.43. The highest BCUT2D eigenvalue weighted by Gasteiger charge is 2.25. The third kappa shape index (κ3) is 39.5. The number of aliphatic hydroxyl groups is 2. The Bertz CT molecular complexity index is 1290. The van der Waals surface area contributed by atoms with Gasteiger partial charge >= 0.3 is 19.8 Å². The number of ether oxygens (including phenoxy) is 2. The van der Waals surface area contributed by atoms with Gasteiger partial charge in [0.05, 0.1) is 25.4 Å². The van der Waals surface area contributed by atoms with Gasteiger partial charge < -0.3 is 30.3 Å². The SMILES string of the molecule is CC/C=C\C[C@H](O)/C=C/C=C\C=C\[C@H](O)C/C=C\C/C=C\CCC(=O)O[C@H](COC(=O)CCCCCCC/C=C\C/C=C\CCCCC)COP(=O)(O)OCCN. The molecule has 0 aliphatic rings. The predicted octanol–water partition coefficient (Wildman–Crippen LogP) is 9.77. The lowest BCUT2D eigenvalue weighted by atomic mass is 10.1. The summed E-state index contributed by atoms with van der Waals surface area (Å²) >= 11 is 0. The molecule has 0 aliphatic carbocycles. The molecule has 11 nitrogen and oxygen atoms in total. The molecule has 4 atom stereocenters. The normalized spacial score (nSPS) is 15.4. The van der Waals surface area contributed by atoms with Crippen LogP contribution in [0.5, 0.6) is 0 Å². The molecule has 0 saturated carbocycles. The zero-order valence-corrected chi connectivity index (χ0v) is 35.6. The number of hydrogen-bond acceptors (Lipinski definition) is 10. The summed E-state index contributed by atoms with van der Waals surface area (Å²) in [7, 11) is -4.43. The molecule has 12 heteroatoms. The summed E-state index contributed by atoms with van der Waals surface area (Å²) in [6.07, 6.45) is 43.7. The summed E-state index contributed by atoms with van der Waals surface area (Å²) in [6.45, 7) is 3.26. The number of phosphoric acid groups is 1. The molecule has 5 N–H and O–H groups in total. The smallest absolute Gasteiger partial charge is 0.462 e. The van der Waals surface area contributed by atoms with Crippen molar-refractivity contribution in [1.82, 2.24) is 0 Å². The van der Waals surface area contributed by atoms with Crippen LogP contribution in [0.1, 0.15) is 129 Å². The predicted molar refractivity (Wildman–Crippen MR) is 231 cm³/mol. The van der Waals surface area contributed by atoms with Crippen LogP contribution in [0, 0.1) is 0 Å². The molecule has 0 heterocycles. The van der Waals surface area contributed by atoms with Crippen molar-refractivity contribution >= 4 is 19.8 Å². The molecule has 0 aromatic rings. The first-order chi connectivity index (χ1) is 27.6. The average Bonchev–Trinajstić information content (AvgIpc) is 3.19. The number of phosphoric ester groups is 1. The lowest BCUT2D eigenvalue weighted by molar-refractivity contribution is -0.161. The first-order valence-electron chi connectivity index (χ1n) is 20.9. The Morgan fingerprint density at radius 3 is 1.81 bits per heavy atom. The zero-order chi connectivity index (χ0) is 42.1. The second-order valence-electron chi connectivity index (χ2n) is 13.5. The van der Waals surface area contributed by atoms with Crippen LogP contribution < -0.4 is 5.73 Å². The summed E-state index contributed by atoms with van der Waals surface area (Å²) < 4.78 is 32.6. The zero-order valence-electron chi connectivity index (χ0n) is 34.7. The van der Waals surface area contributed by atoms with Gasteiger partial charge in [0.2, 0.25) is 0 Å². The van der Waals surface area contributed by atoms with Crippen molar-refractivity contribution in [2.24, 2.45) is 5.73 Å². The maximum Gasteiger partial charge on any atom is 0.472 e. The lowest BCUT2D eigenvalue weighted by Crippen LogP contribution is -2.29. The second-order valence-corrected chi connectivity index (χ2v) is 15.0. The van der Waals surface area contributed by atoms with Gasteiger partial charge in [-0.2, -0.15) is 0 Å². The Kier molecular flexibility index (Phi) is 37.5. The van der Waals surface area contributed by atoms with Crippen molar-refractivity contribution in [3.63, 3.8) is 0 Å². The summed E-state index contributed by atoms with van der Waals surface area (Å²) in [5.41, 5.74) is 5.33. The molecule has 1 unspecified atom stereocenters. The van der Waals surface area contributed by atoms with Crippen LogP contribution in [0.4, 0.5) is 0 Å². The van der Waals surface area contributed by atoms with Crippen molar-refractivity contribution in [2.75, 3.05) is 26.4 Å². The summed E-state index contributed by atoms with van der Waals surface area (Å²) in [4.78, 5) is 34.8. The van der Waals surface area contributed by atoms with E-state index in [-0.39, 0.29) is 32.6 Å². The first-order valence-corrected chi connectivity index (χ1v) is 22.4. The van der Waals surface area contributed by atoms with Gasteiger partial charge in [0.25, 0.3) is 0 Å². The number of esters is 2. The van der Waals surface area contributed by atoms with Gasteiger partial charge in [0, 0.05) is 19.4 Å². The minimum absolute atomic E-state index is 0.0162. The monoisotopic (exact) mass is 820 g/mol. The Hall–Kier alpha value is -3.15. The highest BCUT2D eigenvalue weighted by molar-refractivity contribution is 7.47. The highest BCUT2D eigenvalue weighted by Crippen LogP contribution is 2.43. The van der Waals surface area contributed by atoms with Gasteiger partial charge in [-0.25, -0.2) is 4.57 Å². The maximum absolute atomic E-state index is 12.5. The van der Waals surface area contributed by atoms with Gasteiger partial charge in [-0.05, 0) is 70.6 Å². The number of unbranched alkanes of at least 4 members (excludes halogenated alkanes) is 8. The van der Waals surface area contributed by atoms with Crippen LogP contribution in [-0.4, -0.2) is 71.7 Å². The molecule has 0 saturated heterocycles. The lowest BCUT2D eigenvalue weighted by Gasteiger charge is -2.19. The Balaban J connectivity index is 4.48. The van der Waals surface area contributed by atoms with Crippen LogP contribution in [-0.2, 0) is 32.7 Å². The minimum Gasteiger partial charge on any atom is -0.462 e. The molecule has 0 fully saturated rings. The molecule has 0 rings (SSSR count). The fourth-order valence-electron chi connectivity index (χ4n) is 4.98. The molecule has 0 aliphatic heterocycles. The van der Waals surface area contributed by atoms with E-state index in [2.05, 4.69) is 31.2 Å². The molecule has 0 amide bonds. The Morgan fingerprint density at radius 1 is 0.632 bits per heavy atom. The largest absolute Gasteiger partial charge is 0.472 e. The number of nitrogens with two attached hydrogens (primary N) is 1. The van der Waals surface area contributed by atoms with Crippen LogP contribution >= 0.6 is 7.82 Å². The average molecular weight is 820 g/mol. The number of allylic oxidation sites excluding steroid dienone is 12. The van der Waals surface area contributed by atoms with Crippen LogP contribution in [0.25, 0.3) is 0 Å². The Labute approximate surface area is 343 Å². The standard InChI is InChI=1S/C45H74NO10P/c1-3-5-7-8-9-10-11-12-13-14-15-16-17-21-29-35-44(49)53-39-43(40-55-57(51,52)54-38-37-46)56-45(50)36-30-22-19-18-20-26-32-42(48)34-28-24-23-27-33-41(47)31-25-6-4-2/h6,9-10,12-13,19-20,22-28,33-34,41-43,47-48H,3-5,7-8,11,14-18,21,29-32,35-40,46H2,1-2H3,(H,51,52)/b10-9-,13-12-,22-19-,24-23-,25-6-,26-20-,33-27+,34-28+/t41-,42+,43+/m0/s1. The van der Waals surface area contributed by atoms with Gasteiger partial charge in [-0.1, -0.05) is 143 Å². The third-order valence-electron chi connectivity index (χ3n) is 8.13. The summed E-state index contributed by atoms with van der Waals surface area (Å²) in [5, 5.41) is 19.9. The van der Waals surface area contributed by atoms with E-state index >= 15 is 0 Å². The van der Waals surface area contributed by atoms with Gasteiger partial charge in [-0.3, -0.25) is 18.6 Å². The van der Waals surface area contributed by atoms with E-state index in [1.807, 2.05) is 43.4 Å². The van der Waals surface area contributed by atoms with Crippen molar-refractivity contribution in [3.05, 3.63) is 97.2 Å². The maximum atomic E-state index is 12.5. The third-order valence-corrected chi connectivity index (χ3v) is 9.12. The van der Waals surface area contributed by atoms with Crippen LogP contribution in [0.15, 0.2) is 97.2 Å². The van der Waals surface area contributed by atoms with Crippen molar-refractivity contribution in [3.8, 4) is 0 Å².